The zero-order chi connectivity index (χ0) is 9.30. The number of hydrogen-bond acceptors (Lipinski definition) is 1. The molecule has 0 radical (unpaired) electrons. The average Bonchev–Trinajstić information content (AvgIpc) is 2.00. The minimum atomic E-state index is -1.05. The van der Waals surface area contributed by atoms with Gasteiger partial charge in [0.25, 0.3) is 0 Å². The van der Waals surface area contributed by atoms with E-state index in [1.54, 1.807) is 0 Å². The number of rotatable bonds is 1. The highest BCUT2D eigenvalue weighted by Gasteiger charge is 2.12. The van der Waals surface area contributed by atoms with Crippen molar-refractivity contribution in [3.63, 3.8) is 0 Å². The molecule has 1 N–H and O–H groups in total. The van der Waals surface area contributed by atoms with Gasteiger partial charge in [-0.15, -0.1) is 0 Å². The van der Waals surface area contributed by atoms with E-state index in [1.165, 1.54) is 12.1 Å². The second-order valence-electron chi connectivity index (χ2n) is 2.03. The average molecular weight is 317 g/mol. The molecule has 1 rings (SSSR count). The minimum Gasteiger partial charge on any atom is -0.478 e. The number of aromatic carboxylic acids is 1. The van der Waals surface area contributed by atoms with Gasteiger partial charge in [-0.3, -0.25) is 0 Å². The lowest BCUT2D eigenvalue weighted by molar-refractivity contribution is 0.0697. The Morgan fingerprint density at radius 2 is 2.00 bits per heavy atom. The van der Waals surface area contributed by atoms with E-state index in [2.05, 4.69) is 0 Å². The van der Waals surface area contributed by atoms with E-state index >= 15 is 0 Å². The number of benzene rings is 1. The van der Waals surface area contributed by atoms with Crippen molar-refractivity contribution in [1.29, 1.82) is 0 Å². The molecule has 2 nitrogen and oxygen atoms in total. The first-order valence-corrected chi connectivity index (χ1v) is 4.74. The predicted octanol–water partition coefficient (Wildman–Crippen LogP) is 3.30. The molecule has 0 aromatic heterocycles. The van der Waals surface area contributed by atoms with Gasteiger partial charge in [0, 0.05) is 0 Å². The molecule has 64 valence electrons. The van der Waals surface area contributed by atoms with Crippen molar-refractivity contribution in [3.8, 4) is 0 Å². The van der Waals surface area contributed by atoms with Crippen LogP contribution in [0.25, 0.3) is 0 Å². The Balaban J connectivity index is 3.36. The molecule has 0 aliphatic rings. The van der Waals surface area contributed by atoms with Gasteiger partial charge in [0.1, 0.15) is 0 Å². The Kier molecular flexibility index (Phi) is 3.20. The SMILES string of the molecule is O=C(O)c1ccc(Cl)c(I)c1Cl. The maximum absolute atomic E-state index is 10.6. The van der Waals surface area contributed by atoms with Crippen LogP contribution in [0.3, 0.4) is 0 Å². The van der Waals surface area contributed by atoms with Crippen molar-refractivity contribution in [2.75, 3.05) is 0 Å². The topological polar surface area (TPSA) is 37.3 Å². The fourth-order valence-electron chi connectivity index (χ4n) is 0.691. The van der Waals surface area contributed by atoms with Crippen molar-refractivity contribution < 1.29 is 9.90 Å². The van der Waals surface area contributed by atoms with Crippen LogP contribution in [0.15, 0.2) is 12.1 Å². The summed E-state index contributed by atoms with van der Waals surface area (Å²) in [6.45, 7) is 0. The molecule has 0 heterocycles. The van der Waals surface area contributed by atoms with Gasteiger partial charge in [-0.1, -0.05) is 23.2 Å². The fraction of sp³-hybridized carbons (Fsp3) is 0. The maximum atomic E-state index is 10.6. The zero-order valence-electron chi connectivity index (χ0n) is 5.64. The Bertz CT molecular complexity index is 338. The normalized spacial score (nSPS) is 9.92. The van der Waals surface area contributed by atoms with Crippen LogP contribution in [-0.4, -0.2) is 11.1 Å². The molecule has 0 aliphatic carbocycles. The van der Waals surface area contributed by atoms with Crippen LogP contribution in [0.1, 0.15) is 10.4 Å². The lowest BCUT2D eigenvalue weighted by Gasteiger charge is -2.02. The number of carboxylic acid groups (broad SMARTS) is 1. The van der Waals surface area contributed by atoms with E-state index in [1.807, 2.05) is 22.6 Å². The molecule has 0 unspecified atom stereocenters. The second kappa shape index (κ2) is 3.81. The highest BCUT2D eigenvalue weighted by atomic mass is 127. The van der Waals surface area contributed by atoms with Crippen LogP contribution in [0.2, 0.25) is 10.0 Å². The Morgan fingerprint density at radius 3 is 2.50 bits per heavy atom. The Labute approximate surface area is 92.6 Å². The molecule has 0 fully saturated rings. The summed E-state index contributed by atoms with van der Waals surface area (Å²) in [6, 6.07) is 2.90. The van der Waals surface area contributed by atoms with Crippen molar-refractivity contribution in [1.82, 2.24) is 0 Å². The monoisotopic (exact) mass is 316 g/mol. The molecule has 1 aromatic carbocycles. The summed E-state index contributed by atoms with van der Waals surface area (Å²) in [6.07, 6.45) is 0. The van der Waals surface area contributed by atoms with E-state index in [0.29, 0.717) is 8.59 Å². The van der Waals surface area contributed by atoms with Gasteiger partial charge in [0.05, 0.1) is 19.2 Å². The molecule has 0 spiro atoms. The van der Waals surface area contributed by atoms with E-state index in [0.717, 1.165) is 0 Å². The summed E-state index contributed by atoms with van der Waals surface area (Å²) < 4.78 is 0.566. The quantitative estimate of drug-likeness (QED) is 0.637. The molecular formula is C7H3Cl2IO2. The van der Waals surface area contributed by atoms with Crippen LogP contribution < -0.4 is 0 Å². The molecule has 0 bridgehead atoms. The summed E-state index contributed by atoms with van der Waals surface area (Å²) in [5, 5.41) is 9.30. The first-order valence-electron chi connectivity index (χ1n) is 2.91. The summed E-state index contributed by atoms with van der Waals surface area (Å²) in [5.41, 5.74) is 0.0745. The smallest absolute Gasteiger partial charge is 0.337 e. The van der Waals surface area contributed by atoms with Gasteiger partial charge < -0.3 is 5.11 Å². The highest BCUT2D eigenvalue weighted by Crippen LogP contribution is 2.29. The molecule has 1 aromatic rings. The molecule has 0 saturated carbocycles. The van der Waals surface area contributed by atoms with Gasteiger partial charge in [-0.05, 0) is 34.7 Å². The van der Waals surface area contributed by atoms with E-state index in [-0.39, 0.29) is 10.6 Å². The lowest BCUT2D eigenvalue weighted by atomic mass is 10.2. The molecule has 5 heteroatoms. The predicted molar refractivity (Wildman–Crippen MR) is 56.1 cm³/mol. The third-order valence-corrected chi connectivity index (χ3v) is 3.73. The molecular weight excluding hydrogens is 314 g/mol. The number of carbonyl (C=O) groups is 1. The van der Waals surface area contributed by atoms with Crippen molar-refractivity contribution >= 4 is 51.8 Å². The van der Waals surface area contributed by atoms with Gasteiger partial charge in [-0.25, -0.2) is 4.79 Å². The van der Waals surface area contributed by atoms with Crippen LogP contribution in [0, 0.1) is 3.57 Å². The molecule has 12 heavy (non-hydrogen) atoms. The van der Waals surface area contributed by atoms with E-state index in [9.17, 15) is 4.79 Å². The van der Waals surface area contributed by atoms with E-state index in [4.69, 9.17) is 28.3 Å². The molecule has 0 atom stereocenters. The minimum absolute atomic E-state index is 0.0745. The largest absolute Gasteiger partial charge is 0.478 e. The third kappa shape index (κ3) is 1.84. The first kappa shape index (κ1) is 10.1. The maximum Gasteiger partial charge on any atom is 0.337 e. The van der Waals surface area contributed by atoms with Crippen molar-refractivity contribution in [2.45, 2.75) is 0 Å². The highest BCUT2D eigenvalue weighted by molar-refractivity contribution is 14.1. The molecule has 0 saturated heterocycles. The van der Waals surface area contributed by atoms with Crippen LogP contribution in [-0.2, 0) is 0 Å². The third-order valence-electron chi connectivity index (χ3n) is 1.27. The van der Waals surface area contributed by atoms with Gasteiger partial charge in [0.15, 0.2) is 0 Å². The number of halogens is 3. The summed E-state index contributed by atoms with van der Waals surface area (Å²) in [7, 11) is 0. The summed E-state index contributed by atoms with van der Waals surface area (Å²) in [5.74, 6) is -1.05. The van der Waals surface area contributed by atoms with Gasteiger partial charge in [-0.2, -0.15) is 0 Å². The first-order chi connectivity index (χ1) is 5.54. The second-order valence-corrected chi connectivity index (χ2v) is 3.89. The lowest BCUT2D eigenvalue weighted by Crippen LogP contribution is -1.98. The fourth-order valence-corrected chi connectivity index (χ4v) is 1.61. The number of carboxylic acids is 1. The van der Waals surface area contributed by atoms with Crippen molar-refractivity contribution in [3.05, 3.63) is 31.3 Å². The van der Waals surface area contributed by atoms with Crippen LogP contribution >= 0.6 is 45.8 Å². The van der Waals surface area contributed by atoms with Crippen LogP contribution in [0.5, 0.6) is 0 Å². The Morgan fingerprint density at radius 1 is 1.42 bits per heavy atom. The molecule has 0 aliphatic heterocycles. The molecule has 0 amide bonds. The van der Waals surface area contributed by atoms with Gasteiger partial charge in [0.2, 0.25) is 0 Å². The Hall–Kier alpha value is -0.0000000000000000555. The summed E-state index contributed by atoms with van der Waals surface area (Å²) >= 11 is 13.3. The zero-order valence-corrected chi connectivity index (χ0v) is 9.31. The van der Waals surface area contributed by atoms with E-state index < -0.39 is 5.97 Å². The summed E-state index contributed by atoms with van der Waals surface area (Å²) in [4.78, 5) is 10.6. The van der Waals surface area contributed by atoms with Crippen molar-refractivity contribution in [2.24, 2.45) is 0 Å². The van der Waals surface area contributed by atoms with Crippen LogP contribution in [0.4, 0.5) is 0 Å². The van der Waals surface area contributed by atoms with Gasteiger partial charge >= 0.3 is 5.97 Å². The number of hydrogen-bond donors (Lipinski definition) is 1. The standard InChI is InChI=1S/C7H3Cl2IO2/c8-4-2-1-3(7(11)12)5(9)6(4)10/h1-2H,(H,11,12).